The predicted molar refractivity (Wildman–Crippen MR) is 40.6 cm³/mol. The predicted octanol–water partition coefficient (Wildman–Crippen LogP) is 0.974. The smallest absolute Gasteiger partial charge is 0.212 e. The van der Waals surface area contributed by atoms with Crippen molar-refractivity contribution in [3.05, 3.63) is 0 Å². The van der Waals surface area contributed by atoms with Crippen LogP contribution in [0.3, 0.4) is 0 Å². The van der Waals surface area contributed by atoms with Gasteiger partial charge in [-0.1, -0.05) is 0 Å². The molecular formula is C6H10F3NO2S. The highest BCUT2D eigenvalue weighted by molar-refractivity contribution is 7.89. The second-order valence-corrected chi connectivity index (χ2v) is 5.02. The second-order valence-electron chi connectivity index (χ2n) is 2.93. The normalized spacial score (nSPS) is 23.6. The van der Waals surface area contributed by atoms with Gasteiger partial charge in [-0.2, -0.15) is 13.2 Å². The lowest BCUT2D eigenvalue weighted by Gasteiger charge is -2.14. The molecule has 0 unspecified atom stereocenters. The Bertz CT molecular complexity index is 272. The maximum Gasteiger partial charge on any atom is 0.390 e. The maximum absolute atomic E-state index is 11.7. The molecule has 0 N–H and O–H groups in total. The van der Waals surface area contributed by atoms with Crippen molar-refractivity contribution in [3.63, 3.8) is 0 Å². The largest absolute Gasteiger partial charge is 0.390 e. The third-order valence-corrected chi connectivity index (χ3v) is 3.80. The van der Waals surface area contributed by atoms with E-state index in [4.69, 9.17) is 0 Å². The Hall–Kier alpha value is -0.300. The molecular weight excluding hydrogens is 207 g/mol. The Balaban J connectivity index is 2.47. The van der Waals surface area contributed by atoms with Crippen molar-refractivity contribution in [2.24, 2.45) is 0 Å². The summed E-state index contributed by atoms with van der Waals surface area (Å²) in [5.41, 5.74) is 0. The minimum atomic E-state index is -4.28. The van der Waals surface area contributed by atoms with Crippen LogP contribution in [-0.2, 0) is 10.0 Å². The Kier molecular flexibility index (Phi) is 2.86. The molecule has 0 aromatic heterocycles. The van der Waals surface area contributed by atoms with Gasteiger partial charge in [-0.15, -0.1) is 0 Å². The molecule has 78 valence electrons. The van der Waals surface area contributed by atoms with E-state index in [0.717, 1.165) is 4.31 Å². The molecule has 1 fully saturated rings. The summed E-state index contributed by atoms with van der Waals surface area (Å²) in [5.74, 6) is -0.0230. The zero-order valence-electron chi connectivity index (χ0n) is 6.84. The van der Waals surface area contributed by atoms with Gasteiger partial charge in [-0.25, -0.2) is 12.7 Å². The van der Waals surface area contributed by atoms with Crippen LogP contribution >= 0.6 is 0 Å². The molecule has 0 aromatic rings. The Labute approximate surface area is 74.6 Å². The summed E-state index contributed by atoms with van der Waals surface area (Å²) < 4.78 is 58.2. The molecule has 13 heavy (non-hydrogen) atoms. The summed E-state index contributed by atoms with van der Waals surface area (Å²) in [7, 11) is -3.38. The molecule has 0 spiro atoms. The Morgan fingerprint density at radius 2 is 1.92 bits per heavy atom. The van der Waals surface area contributed by atoms with Crippen molar-refractivity contribution in [2.75, 3.05) is 18.8 Å². The molecule has 0 atom stereocenters. The van der Waals surface area contributed by atoms with Crippen LogP contribution < -0.4 is 0 Å². The van der Waals surface area contributed by atoms with Crippen molar-refractivity contribution in [3.8, 4) is 0 Å². The number of nitrogens with zero attached hydrogens (tertiary/aromatic N) is 1. The second kappa shape index (κ2) is 3.45. The minimum absolute atomic E-state index is 0.0230. The first-order chi connectivity index (χ1) is 5.81. The maximum atomic E-state index is 11.7. The van der Waals surface area contributed by atoms with E-state index in [0.29, 0.717) is 6.42 Å². The van der Waals surface area contributed by atoms with Crippen LogP contribution in [0.5, 0.6) is 0 Å². The van der Waals surface area contributed by atoms with E-state index in [-0.39, 0.29) is 12.3 Å². The van der Waals surface area contributed by atoms with Crippen LogP contribution in [0.15, 0.2) is 0 Å². The number of hydrogen-bond acceptors (Lipinski definition) is 2. The molecule has 1 heterocycles. The molecule has 1 saturated heterocycles. The van der Waals surface area contributed by atoms with E-state index >= 15 is 0 Å². The lowest BCUT2D eigenvalue weighted by atomic mass is 10.4. The topological polar surface area (TPSA) is 37.4 Å². The monoisotopic (exact) mass is 217 g/mol. The van der Waals surface area contributed by atoms with Crippen molar-refractivity contribution < 1.29 is 21.6 Å². The van der Waals surface area contributed by atoms with Gasteiger partial charge < -0.3 is 0 Å². The summed E-state index contributed by atoms with van der Waals surface area (Å²) in [4.78, 5) is 0. The molecule has 7 heteroatoms. The summed E-state index contributed by atoms with van der Waals surface area (Å²) in [6.07, 6.45) is -4.91. The third kappa shape index (κ3) is 3.15. The highest BCUT2D eigenvalue weighted by Gasteiger charge is 2.33. The van der Waals surface area contributed by atoms with E-state index in [1.54, 1.807) is 0 Å². The number of hydrogen-bond donors (Lipinski definition) is 0. The van der Waals surface area contributed by atoms with Gasteiger partial charge in [0.05, 0.1) is 12.2 Å². The number of halogens is 3. The average molecular weight is 217 g/mol. The van der Waals surface area contributed by atoms with Gasteiger partial charge in [0.15, 0.2) is 0 Å². The van der Waals surface area contributed by atoms with E-state index in [1.807, 2.05) is 0 Å². The quantitative estimate of drug-likeness (QED) is 0.691. The zero-order chi connectivity index (χ0) is 10.1. The fourth-order valence-electron chi connectivity index (χ4n) is 1.19. The van der Waals surface area contributed by atoms with Crippen LogP contribution in [0.1, 0.15) is 12.8 Å². The minimum Gasteiger partial charge on any atom is -0.212 e. The Morgan fingerprint density at radius 1 is 1.31 bits per heavy atom. The van der Waals surface area contributed by atoms with Crippen molar-refractivity contribution in [1.29, 1.82) is 0 Å². The van der Waals surface area contributed by atoms with Gasteiger partial charge in [-0.05, 0) is 6.42 Å². The average Bonchev–Trinajstić information content (AvgIpc) is 2.23. The molecule has 0 aliphatic carbocycles. The van der Waals surface area contributed by atoms with Crippen LogP contribution in [0.4, 0.5) is 13.2 Å². The first-order valence-corrected chi connectivity index (χ1v) is 5.47. The van der Waals surface area contributed by atoms with Crippen LogP contribution in [0.2, 0.25) is 0 Å². The molecule has 0 saturated carbocycles. The molecule has 0 bridgehead atoms. The van der Waals surface area contributed by atoms with Gasteiger partial charge in [0.25, 0.3) is 0 Å². The van der Waals surface area contributed by atoms with Gasteiger partial charge >= 0.3 is 6.18 Å². The summed E-state index contributed by atoms with van der Waals surface area (Å²) >= 11 is 0. The summed E-state index contributed by atoms with van der Waals surface area (Å²) in [6, 6.07) is 0. The Morgan fingerprint density at radius 3 is 2.31 bits per heavy atom. The van der Waals surface area contributed by atoms with E-state index < -0.39 is 29.2 Å². The molecule has 1 aliphatic rings. The standard InChI is InChI=1S/C6H10F3NO2S/c7-6(8,9)2-4-10-3-1-5-13(10,11)12/h1-5H2. The molecule has 1 aliphatic heterocycles. The van der Waals surface area contributed by atoms with Crippen LogP contribution in [0.25, 0.3) is 0 Å². The zero-order valence-corrected chi connectivity index (χ0v) is 7.66. The fourth-order valence-corrected chi connectivity index (χ4v) is 2.72. The summed E-state index contributed by atoms with van der Waals surface area (Å²) in [5, 5.41) is 0. The first kappa shape index (κ1) is 10.8. The van der Waals surface area contributed by atoms with Gasteiger partial charge in [-0.3, -0.25) is 0 Å². The number of sulfonamides is 1. The van der Waals surface area contributed by atoms with Crippen molar-refractivity contribution >= 4 is 10.0 Å². The molecule has 0 amide bonds. The first-order valence-electron chi connectivity index (χ1n) is 3.86. The van der Waals surface area contributed by atoms with Gasteiger partial charge in [0.1, 0.15) is 0 Å². The van der Waals surface area contributed by atoms with Crippen LogP contribution in [-0.4, -0.2) is 37.7 Å². The molecule has 1 rings (SSSR count). The van der Waals surface area contributed by atoms with Gasteiger partial charge in [0.2, 0.25) is 10.0 Å². The molecule has 3 nitrogen and oxygen atoms in total. The SMILES string of the molecule is O=S1(=O)CCCN1CCC(F)(F)F. The van der Waals surface area contributed by atoms with E-state index in [9.17, 15) is 21.6 Å². The highest BCUT2D eigenvalue weighted by Crippen LogP contribution is 2.22. The van der Waals surface area contributed by atoms with Crippen molar-refractivity contribution in [2.45, 2.75) is 19.0 Å². The lowest BCUT2D eigenvalue weighted by Crippen LogP contribution is -2.29. The van der Waals surface area contributed by atoms with Gasteiger partial charge in [0, 0.05) is 13.1 Å². The fraction of sp³-hybridized carbons (Fsp3) is 1.00. The highest BCUT2D eigenvalue weighted by atomic mass is 32.2. The van der Waals surface area contributed by atoms with E-state index in [1.165, 1.54) is 0 Å². The molecule has 0 radical (unpaired) electrons. The molecule has 0 aromatic carbocycles. The third-order valence-electron chi connectivity index (χ3n) is 1.85. The van der Waals surface area contributed by atoms with E-state index in [2.05, 4.69) is 0 Å². The van der Waals surface area contributed by atoms with Crippen molar-refractivity contribution in [1.82, 2.24) is 4.31 Å². The number of alkyl halides is 3. The lowest BCUT2D eigenvalue weighted by molar-refractivity contribution is -0.135. The number of rotatable bonds is 2. The summed E-state index contributed by atoms with van der Waals surface area (Å²) in [6.45, 7) is -0.218. The van der Waals surface area contributed by atoms with Crippen LogP contribution in [0, 0.1) is 0 Å².